The Bertz CT molecular complexity index is 230. The van der Waals surface area contributed by atoms with E-state index in [9.17, 15) is 0 Å². The maximum absolute atomic E-state index is 4.01. The van der Waals surface area contributed by atoms with Gasteiger partial charge in [-0.05, 0) is 66.5 Å². The van der Waals surface area contributed by atoms with Gasteiger partial charge in [-0.15, -0.1) is 0 Å². The minimum atomic E-state index is 0.976. The predicted molar refractivity (Wildman–Crippen MR) is 56.8 cm³/mol. The summed E-state index contributed by atoms with van der Waals surface area (Å²) in [4.78, 5) is 1.77. The monoisotopic (exact) mass is 180 g/mol. The summed E-state index contributed by atoms with van der Waals surface area (Å²) in [5.41, 5.74) is 0. The molecule has 0 spiro atoms. The highest BCUT2D eigenvalue weighted by Gasteiger charge is 2.45. The number of hydrogen-bond acceptors (Lipinski definition) is 0. The van der Waals surface area contributed by atoms with Gasteiger partial charge < -0.3 is 0 Å². The first-order valence-electron chi connectivity index (χ1n) is 5.15. The van der Waals surface area contributed by atoms with Gasteiger partial charge in [-0.3, -0.25) is 0 Å². The Balaban J connectivity index is 2.00. The van der Waals surface area contributed by atoms with Crippen molar-refractivity contribution in [2.75, 3.05) is 0 Å². The Kier molecular flexibility index (Phi) is 1.52. The van der Waals surface area contributed by atoms with Crippen LogP contribution in [0.25, 0.3) is 0 Å². The summed E-state index contributed by atoms with van der Waals surface area (Å²) in [6.07, 6.45) is 7.58. The van der Waals surface area contributed by atoms with E-state index < -0.39 is 0 Å². The second-order valence-electron chi connectivity index (χ2n) is 4.85. The van der Waals surface area contributed by atoms with E-state index in [1.807, 2.05) is 10.9 Å². The molecule has 0 N–H and O–H groups in total. The average molecular weight is 180 g/mol. The smallest absolute Gasteiger partial charge is 0.00985 e. The fraction of sp³-hybridized carbons (Fsp3) is 0.818. The van der Waals surface area contributed by atoms with Crippen LogP contribution in [0.15, 0.2) is 0 Å². The molecule has 0 unspecified atom stereocenters. The van der Waals surface area contributed by atoms with Crippen LogP contribution in [0.3, 0.4) is 0 Å². The molecule has 0 aromatic carbocycles. The van der Waals surface area contributed by atoms with Gasteiger partial charge in [-0.25, -0.2) is 0 Å². The van der Waals surface area contributed by atoms with Gasteiger partial charge in [-0.1, -0.05) is 0 Å². The second-order valence-corrected chi connectivity index (χ2v) is 5.61. The van der Waals surface area contributed by atoms with Crippen LogP contribution in [-0.4, -0.2) is 10.7 Å². The zero-order valence-corrected chi connectivity index (χ0v) is 8.28. The van der Waals surface area contributed by atoms with Crippen molar-refractivity contribution < 1.29 is 0 Å². The quantitative estimate of drug-likeness (QED) is 0.503. The highest BCUT2D eigenvalue weighted by molar-refractivity contribution is 7.96. The third kappa shape index (κ3) is 0.891. The lowest BCUT2D eigenvalue weighted by molar-refractivity contribution is 0.112. The van der Waals surface area contributed by atoms with Crippen LogP contribution in [0, 0.1) is 23.7 Å². The lowest BCUT2D eigenvalue weighted by Gasteiger charge is -2.50. The standard InChI is InChI=1S/C11H16S/c1-12-11-9-3-7-2-8(5-9)6-10(11)4-7/h7-10H,1-6H2. The third-order valence-electron chi connectivity index (χ3n) is 4.11. The molecule has 0 radical (unpaired) electrons. The van der Waals surface area contributed by atoms with E-state index in [4.69, 9.17) is 0 Å². The van der Waals surface area contributed by atoms with Crippen molar-refractivity contribution in [3.8, 4) is 0 Å². The highest BCUT2D eigenvalue weighted by Crippen LogP contribution is 2.52. The summed E-state index contributed by atoms with van der Waals surface area (Å²) in [7, 11) is 1.83. The molecule has 4 bridgehead atoms. The third-order valence-corrected chi connectivity index (χ3v) is 5.11. The molecule has 0 aromatic rings. The average Bonchev–Trinajstić information content (AvgIpc) is 2.02. The number of hydrogen-bond donors (Lipinski definition) is 0. The molecule has 4 aliphatic rings. The van der Waals surface area contributed by atoms with Crippen molar-refractivity contribution in [3.63, 3.8) is 0 Å². The normalized spacial score (nSPS) is 49.8. The Hall–Kier alpha value is -0.0400. The van der Waals surface area contributed by atoms with Gasteiger partial charge in [0.25, 0.3) is 0 Å². The van der Waals surface area contributed by atoms with E-state index in [-0.39, 0.29) is 0 Å². The minimum Gasteiger partial charge on any atom is -0.161 e. The maximum Gasteiger partial charge on any atom is -0.00985 e. The molecule has 0 atom stereocenters. The van der Waals surface area contributed by atoms with Crippen molar-refractivity contribution in [2.45, 2.75) is 32.1 Å². The zero-order valence-electron chi connectivity index (χ0n) is 7.46. The molecule has 12 heavy (non-hydrogen) atoms. The minimum absolute atomic E-state index is 0.976. The second kappa shape index (κ2) is 2.47. The van der Waals surface area contributed by atoms with E-state index in [0.29, 0.717) is 0 Å². The Morgan fingerprint density at radius 3 is 1.83 bits per heavy atom. The summed E-state index contributed by atoms with van der Waals surface area (Å²) >= 11 is 0. The first-order chi connectivity index (χ1) is 5.86. The molecule has 66 valence electrons. The van der Waals surface area contributed by atoms with Gasteiger partial charge in [0, 0.05) is 0 Å². The fourth-order valence-electron chi connectivity index (χ4n) is 3.88. The van der Waals surface area contributed by atoms with Gasteiger partial charge >= 0.3 is 0 Å². The topological polar surface area (TPSA) is 0 Å². The number of rotatable bonds is 0. The Labute approximate surface area is 77.9 Å². The molecule has 1 heteroatoms. The van der Waals surface area contributed by atoms with Crippen molar-refractivity contribution in [1.82, 2.24) is 0 Å². The van der Waals surface area contributed by atoms with E-state index in [1.165, 1.54) is 25.7 Å². The summed E-state index contributed by atoms with van der Waals surface area (Å²) in [5.74, 6) is 8.16. The maximum atomic E-state index is 4.01. The van der Waals surface area contributed by atoms with Gasteiger partial charge in [0.15, 0.2) is 0 Å². The molecule has 4 fully saturated rings. The summed E-state index contributed by atoms with van der Waals surface area (Å²) in [5, 5.41) is 0. The highest BCUT2D eigenvalue weighted by atomic mass is 32.1. The van der Waals surface area contributed by atoms with Crippen LogP contribution in [0.4, 0.5) is 0 Å². The van der Waals surface area contributed by atoms with Gasteiger partial charge in [0.05, 0.1) is 0 Å². The fourth-order valence-corrected chi connectivity index (χ4v) is 4.74. The van der Waals surface area contributed by atoms with Gasteiger partial charge in [0.1, 0.15) is 0 Å². The SMILES string of the molecule is C=S=C1C2CC3CC(C2)CC1C3. The zero-order chi connectivity index (χ0) is 8.13. The summed E-state index contributed by atoms with van der Waals surface area (Å²) in [6, 6.07) is 0. The van der Waals surface area contributed by atoms with Crippen LogP contribution < -0.4 is 0 Å². The Morgan fingerprint density at radius 1 is 0.917 bits per heavy atom. The van der Waals surface area contributed by atoms with Crippen LogP contribution >= 0.6 is 10.9 Å². The van der Waals surface area contributed by atoms with Crippen LogP contribution in [0.1, 0.15) is 32.1 Å². The van der Waals surface area contributed by atoms with E-state index in [1.54, 1.807) is 11.3 Å². The van der Waals surface area contributed by atoms with Gasteiger partial charge in [-0.2, -0.15) is 10.9 Å². The van der Waals surface area contributed by atoms with E-state index in [2.05, 4.69) is 5.87 Å². The summed E-state index contributed by atoms with van der Waals surface area (Å²) in [6.45, 7) is 0. The Morgan fingerprint density at radius 2 is 1.42 bits per heavy atom. The van der Waals surface area contributed by atoms with Crippen molar-refractivity contribution in [2.24, 2.45) is 23.7 Å². The predicted octanol–water partition coefficient (Wildman–Crippen LogP) is 2.78. The first kappa shape index (κ1) is 7.37. The molecule has 0 aromatic heterocycles. The molecule has 0 amide bonds. The van der Waals surface area contributed by atoms with Crippen LogP contribution in [-0.2, 0) is 0 Å². The van der Waals surface area contributed by atoms with Crippen molar-refractivity contribution in [3.05, 3.63) is 0 Å². The molecule has 0 heterocycles. The lowest BCUT2D eigenvalue weighted by atomic mass is 9.56. The first-order valence-corrected chi connectivity index (χ1v) is 6.14. The molecular formula is C11H16S. The van der Waals surface area contributed by atoms with Crippen LogP contribution in [0.5, 0.6) is 0 Å². The molecule has 4 rings (SSSR count). The van der Waals surface area contributed by atoms with E-state index >= 15 is 0 Å². The summed E-state index contributed by atoms with van der Waals surface area (Å²) < 4.78 is 0. The molecule has 0 aliphatic heterocycles. The van der Waals surface area contributed by atoms with Crippen molar-refractivity contribution in [1.29, 1.82) is 0 Å². The van der Waals surface area contributed by atoms with E-state index in [0.717, 1.165) is 23.7 Å². The largest absolute Gasteiger partial charge is 0.161 e. The van der Waals surface area contributed by atoms with Gasteiger partial charge in [0.2, 0.25) is 0 Å². The molecule has 0 saturated heterocycles. The van der Waals surface area contributed by atoms with Crippen LogP contribution in [0.2, 0.25) is 0 Å². The molecule has 4 aliphatic carbocycles. The lowest BCUT2D eigenvalue weighted by Crippen LogP contribution is -2.44. The van der Waals surface area contributed by atoms with Crippen molar-refractivity contribution >= 4 is 21.7 Å². The molecule has 0 nitrogen and oxygen atoms in total. The molecular weight excluding hydrogens is 164 g/mol. The molecule has 4 saturated carbocycles.